The van der Waals surface area contributed by atoms with Crippen molar-refractivity contribution in [2.75, 3.05) is 6.54 Å². The Labute approximate surface area is 86.8 Å². The summed E-state index contributed by atoms with van der Waals surface area (Å²) in [6.07, 6.45) is -0.293. The van der Waals surface area contributed by atoms with Crippen molar-refractivity contribution in [1.29, 1.82) is 0 Å². The van der Waals surface area contributed by atoms with Gasteiger partial charge in [0.1, 0.15) is 5.82 Å². The van der Waals surface area contributed by atoms with E-state index in [2.05, 4.69) is 0 Å². The highest BCUT2D eigenvalue weighted by Crippen LogP contribution is 2.19. The van der Waals surface area contributed by atoms with Gasteiger partial charge in [-0.15, -0.1) is 0 Å². The molecule has 2 N–H and O–H groups in total. The number of hydrogen-bond acceptors (Lipinski definition) is 3. The number of benzene rings is 1. The molecule has 0 aliphatic carbocycles. The third-order valence-corrected chi connectivity index (χ3v) is 3.68. The Hall–Kier alpha value is -1.01. The molecule has 15 heavy (non-hydrogen) atoms. The standard InChI is InChI=1S/C9H11F2NO2S/c10-7-2-1-3-8(6-7)15(13,14)9(11)4-5-12/h1-3,6,9H,4-5,12H2. The molecule has 0 spiro atoms. The van der Waals surface area contributed by atoms with E-state index in [-0.39, 0.29) is 17.9 Å². The van der Waals surface area contributed by atoms with E-state index in [1.807, 2.05) is 0 Å². The summed E-state index contributed by atoms with van der Waals surface area (Å²) in [7, 11) is -4.11. The van der Waals surface area contributed by atoms with E-state index in [9.17, 15) is 17.2 Å². The fraction of sp³-hybridized carbons (Fsp3) is 0.333. The van der Waals surface area contributed by atoms with Gasteiger partial charge in [-0.3, -0.25) is 0 Å². The van der Waals surface area contributed by atoms with Crippen LogP contribution in [0, 0.1) is 5.82 Å². The van der Waals surface area contributed by atoms with Crippen molar-refractivity contribution < 1.29 is 17.2 Å². The van der Waals surface area contributed by atoms with Crippen molar-refractivity contribution in [2.24, 2.45) is 5.73 Å². The lowest BCUT2D eigenvalue weighted by Crippen LogP contribution is -2.20. The summed E-state index contributed by atoms with van der Waals surface area (Å²) in [6, 6.07) is 4.26. The number of halogens is 2. The molecule has 3 nitrogen and oxygen atoms in total. The monoisotopic (exact) mass is 235 g/mol. The third kappa shape index (κ3) is 2.73. The van der Waals surface area contributed by atoms with Gasteiger partial charge in [-0.1, -0.05) is 6.07 Å². The minimum atomic E-state index is -4.11. The molecule has 1 aromatic carbocycles. The van der Waals surface area contributed by atoms with Crippen LogP contribution in [-0.4, -0.2) is 20.5 Å². The highest BCUT2D eigenvalue weighted by molar-refractivity contribution is 7.91. The van der Waals surface area contributed by atoms with Crippen LogP contribution in [0.1, 0.15) is 6.42 Å². The molecule has 0 heterocycles. The smallest absolute Gasteiger partial charge is 0.210 e. The molecular weight excluding hydrogens is 224 g/mol. The minimum absolute atomic E-state index is 0.0737. The van der Waals surface area contributed by atoms with Gasteiger partial charge in [0.15, 0.2) is 0 Å². The van der Waals surface area contributed by atoms with Gasteiger partial charge in [0.25, 0.3) is 0 Å². The van der Waals surface area contributed by atoms with Crippen molar-refractivity contribution in [1.82, 2.24) is 0 Å². The van der Waals surface area contributed by atoms with Crippen LogP contribution in [0.2, 0.25) is 0 Å². The van der Waals surface area contributed by atoms with Gasteiger partial charge < -0.3 is 5.73 Å². The van der Waals surface area contributed by atoms with Gasteiger partial charge in [0.05, 0.1) is 4.90 Å². The van der Waals surface area contributed by atoms with E-state index >= 15 is 0 Å². The molecule has 0 saturated carbocycles. The average Bonchev–Trinajstić information content (AvgIpc) is 2.18. The molecule has 0 bridgehead atoms. The van der Waals surface area contributed by atoms with Crippen molar-refractivity contribution in [3.63, 3.8) is 0 Å². The van der Waals surface area contributed by atoms with Crippen LogP contribution in [0.15, 0.2) is 29.2 Å². The SMILES string of the molecule is NCCC(F)S(=O)(=O)c1cccc(F)c1. The molecule has 0 fully saturated rings. The van der Waals surface area contributed by atoms with Crippen LogP contribution in [0.3, 0.4) is 0 Å². The van der Waals surface area contributed by atoms with Crippen LogP contribution >= 0.6 is 0 Å². The van der Waals surface area contributed by atoms with Crippen molar-refractivity contribution in [2.45, 2.75) is 16.8 Å². The van der Waals surface area contributed by atoms with Gasteiger partial charge in [0, 0.05) is 6.42 Å². The maximum Gasteiger partial charge on any atom is 0.210 e. The minimum Gasteiger partial charge on any atom is -0.330 e. The molecular formula is C9H11F2NO2S. The zero-order valence-corrected chi connectivity index (χ0v) is 8.68. The van der Waals surface area contributed by atoms with Gasteiger partial charge >= 0.3 is 0 Å². The topological polar surface area (TPSA) is 60.2 Å². The Morgan fingerprint density at radius 3 is 2.60 bits per heavy atom. The summed E-state index contributed by atoms with van der Waals surface area (Å²) in [5.41, 5.74) is 2.98. The molecule has 1 atom stereocenters. The Bertz CT molecular complexity index is 433. The summed E-state index contributed by atoms with van der Waals surface area (Å²) in [6.45, 7) is -0.0737. The predicted molar refractivity (Wildman–Crippen MR) is 52.2 cm³/mol. The summed E-state index contributed by atoms with van der Waals surface area (Å²) < 4.78 is 48.9. The molecule has 0 amide bonds. The lowest BCUT2D eigenvalue weighted by molar-refractivity contribution is 0.402. The largest absolute Gasteiger partial charge is 0.330 e. The molecule has 0 aliphatic heterocycles. The summed E-state index contributed by atoms with van der Waals surface area (Å²) in [4.78, 5) is -0.358. The number of rotatable bonds is 4. The first-order chi connectivity index (χ1) is 6.98. The van der Waals surface area contributed by atoms with Crippen LogP contribution in [0.25, 0.3) is 0 Å². The molecule has 0 radical (unpaired) electrons. The second-order valence-corrected chi connectivity index (χ2v) is 5.06. The highest BCUT2D eigenvalue weighted by atomic mass is 32.2. The molecule has 0 aliphatic rings. The van der Waals surface area contributed by atoms with Gasteiger partial charge in [0.2, 0.25) is 15.3 Å². The van der Waals surface area contributed by atoms with E-state index in [0.717, 1.165) is 18.2 Å². The maximum absolute atomic E-state index is 13.2. The molecule has 0 aromatic heterocycles. The zero-order chi connectivity index (χ0) is 11.5. The first-order valence-corrected chi connectivity index (χ1v) is 5.86. The Kier molecular flexibility index (Phi) is 3.76. The summed E-state index contributed by atoms with van der Waals surface area (Å²) in [5.74, 6) is -0.712. The van der Waals surface area contributed by atoms with Crippen LogP contribution in [0.5, 0.6) is 0 Å². The first kappa shape index (κ1) is 12.1. The summed E-state index contributed by atoms with van der Waals surface area (Å²) in [5, 5.41) is 0. The fourth-order valence-electron chi connectivity index (χ4n) is 1.08. The van der Waals surface area contributed by atoms with E-state index in [4.69, 9.17) is 5.73 Å². The number of sulfone groups is 1. The van der Waals surface area contributed by atoms with Gasteiger partial charge in [-0.05, 0) is 24.7 Å². The first-order valence-electron chi connectivity index (χ1n) is 4.32. The highest BCUT2D eigenvalue weighted by Gasteiger charge is 2.26. The third-order valence-electron chi connectivity index (χ3n) is 1.85. The molecule has 84 valence electrons. The fourth-order valence-corrected chi connectivity index (χ4v) is 2.36. The van der Waals surface area contributed by atoms with E-state index in [1.165, 1.54) is 6.07 Å². The van der Waals surface area contributed by atoms with E-state index < -0.39 is 21.2 Å². The number of alkyl halides is 1. The Morgan fingerprint density at radius 2 is 2.07 bits per heavy atom. The number of hydrogen-bond donors (Lipinski definition) is 1. The second-order valence-electron chi connectivity index (χ2n) is 2.99. The van der Waals surface area contributed by atoms with Crippen LogP contribution < -0.4 is 5.73 Å². The lowest BCUT2D eigenvalue weighted by atomic mass is 10.4. The Morgan fingerprint density at radius 1 is 1.40 bits per heavy atom. The number of nitrogens with two attached hydrogens (primary N) is 1. The van der Waals surface area contributed by atoms with E-state index in [1.54, 1.807) is 0 Å². The molecule has 1 aromatic rings. The van der Waals surface area contributed by atoms with Crippen LogP contribution in [0.4, 0.5) is 8.78 Å². The Balaban J connectivity index is 3.06. The molecule has 1 rings (SSSR count). The lowest BCUT2D eigenvalue weighted by Gasteiger charge is -2.08. The van der Waals surface area contributed by atoms with Gasteiger partial charge in [-0.25, -0.2) is 17.2 Å². The zero-order valence-electron chi connectivity index (χ0n) is 7.86. The summed E-state index contributed by atoms with van der Waals surface area (Å²) >= 11 is 0. The van der Waals surface area contributed by atoms with Gasteiger partial charge in [-0.2, -0.15) is 0 Å². The van der Waals surface area contributed by atoms with Crippen LogP contribution in [-0.2, 0) is 9.84 Å². The van der Waals surface area contributed by atoms with E-state index in [0.29, 0.717) is 0 Å². The second kappa shape index (κ2) is 4.67. The van der Waals surface area contributed by atoms with Crippen molar-refractivity contribution >= 4 is 9.84 Å². The predicted octanol–water partition coefficient (Wildman–Crippen LogP) is 1.24. The quantitative estimate of drug-likeness (QED) is 0.854. The van der Waals surface area contributed by atoms with Crippen molar-refractivity contribution in [3.8, 4) is 0 Å². The molecule has 6 heteroatoms. The maximum atomic E-state index is 13.2. The molecule has 1 unspecified atom stereocenters. The average molecular weight is 235 g/mol. The van der Waals surface area contributed by atoms with Crippen molar-refractivity contribution in [3.05, 3.63) is 30.1 Å². The normalized spacial score (nSPS) is 13.8. The molecule has 0 saturated heterocycles.